The Labute approximate surface area is 74.3 Å². The van der Waals surface area contributed by atoms with Crippen LogP contribution >= 0.6 is 0 Å². The molecule has 0 saturated carbocycles. The van der Waals surface area contributed by atoms with Crippen molar-refractivity contribution in [2.75, 3.05) is 13.1 Å². The number of hydrogen-bond donors (Lipinski definition) is 1. The summed E-state index contributed by atoms with van der Waals surface area (Å²) in [7, 11) is 0. The first-order valence-corrected chi connectivity index (χ1v) is 4.60. The van der Waals surface area contributed by atoms with Crippen molar-refractivity contribution in [3.05, 3.63) is 10.1 Å². The van der Waals surface area contributed by atoms with Crippen molar-refractivity contribution in [1.29, 1.82) is 0 Å². The second kappa shape index (κ2) is 16.8. The first-order valence-electron chi connectivity index (χ1n) is 4.60. The van der Waals surface area contributed by atoms with Crippen LogP contribution in [-0.4, -0.2) is 13.1 Å². The maximum atomic E-state index is 8.00. The molecule has 0 aromatic rings. The van der Waals surface area contributed by atoms with Crippen LogP contribution in [0.2, 0.25) is 0 Å². The van der Waals surface area contributed by atoms with E-state index in [0.29, 0.717) is 0 Å². The van der Waals surface area contributed by atoms with Gasteiger partial charge in [0.2, 0.25) is 0 Å². The SMILES string of the molecule is CCCC[NH2+]CCCC.O=N[O-]. The summed E-state index contributed by atoms with van der Waals surface area (Å²) in [6.07, 6.45) is 5.43. The van der Waals surface area contributed by atoms with Crippen LogP contribution < -0.4 is 5.32 Å². The third kappa shape index (κ3) is 22.8. The second-order valence-corrected chi connectivity index (χ2v) is 2.65. The van der Waals surface area contributed by atoms with Gasteiger partial charge in [0.1, 0.15) is 0 Å². The van der Waals surface area contributed by atoms with Crippen LogP contribution in [0.1, 0.15) is 39.5 Å². The predicted molar refractivity (Wildman–Crippen MR) is 50.6 cm³/mol. The monoisotopic (exact) mass is 176 g/mol. The minimum absolute atomic E-state index is 1.00. The molecule has 0 aliphatic heterocycles. The highest BCUT2D eigenvalue weighted by Gasteiger charge is 1.86. The molecule has 0 aliphatic carbocycles. The number of quaternary nitrogens is 1. The van der Waals surface area contributed by atoms with E-state index in [2.05, 4.69) is 19.2 Å². The van der Waals surface area contributed by atoms with Crippen LogP contribution in [0.15, 0.2) is 5.34 Å². The van der Waals surface area contributed by atoms with Crippen LogP contribution in [0, 0.1) is 10.1 Å². The molecule has 4 heteroatoms. The predicted octanol–water partition coefficient (Wildman–Crippen LogP) is 1.40. The molecule has 0 saturated heterocycles. The average Bonchev–Trinajstić information content (AvgIpc) is 2.06. The third-order valence-electron chi connectivity index (χ3n) is 1.52. The highest BCUT2D eigenvalue weighted by Crippen LogP contribution is 1.80. The lowest BCUT2D eigenvalue weighted by molar-refractivity contribution is -0.655. The quantitative estimate of drug-likeness (QED) is 0.377. The Bertz CT molecular complexity index is 73.5. The zero-order valence-electron chi connectivity index (χ0n) is 8.08. The molecule has 0 aliphatic rings. The Hall–Kier alpha value is -0.640. The van der Waals surface area contributed by atoms with E-state index in [1.807, 2.05) is 0 Å². The van der Waals surface area contributed by atoms with Gasteiger partial charge in [-0.1, -0.05) is 26.7 Å². The Balaban J connectivity index is 0. The van der Waals surface area contributed by atoms with Gasteiger partial charge in [0, 0.05) is 0 Å². The van der Waals surface area contributed by atoms with Crippen LogP contribution in [-0.2, 0) is 0 Å². The molecule has 0 bridgehead atoms. The summed E-state index contributed by atoms with van der Waals surface area (Å²) >= 11 is 0. The average molecular weight is 176 g/mol. The number of rotatable bonds is 6. The lowest BCUT2D eigenvalue weighted by atomic mass is 10.3. The Morgan fingerprint density at radius 2 is 1.50 bits per heavy atom. The topological polar surface area (TPSA) is 69.1 Å². The van der Waals surface area contributed by atoms with Crippen molar-refractivity contribution >= 4 is 0 Å². The van der Waals surface area contributed by atoms with Gasteiger partial charge < -0.3 is 15.4 Å². The van der Waals surface area contributed by atoms with Gasteiger partial charge in [-0.25, -0.2) is 0 Å². The van der Waals surface area contributed by atoms with E-state index in [1.54, 1.807) is 0 Å². The third-order valence-corrected chi connectivity index (χ3v) is 1.52. The van der Waals surface area contributed by atoms with Crippen LogP contribution in [0.25, 0.3) is 0 Å². The standard InChI is InChI=1S/C8H19N.HNO2/c1-3-5-7-9-8-6-4-2;2-1-3/h9H,3-8H2,1-2H3;(H,2,3). The summed E-state index contributed by atoms with van der Waals surface area (Å²) in [4.78, 5) is 8.00. The zero-order chi connectivity index (χ0) is 9.66. The number of unbranched alkanes of at least 4 members (excludes halogenated alkanes) is 2. The van der Waals surface area contributed by atoms with Crippen LogP contribution in [0.4, 0.5) is 0 Å². The molecule has 0 rings (SSSR count). The van der Waals surface area contributed by atoms with Crippen molar-refractivity contribution in [3.8, 4) is 0 Å². The Morgan fingerprint density at radius 1 is 1.17 bits per heavy atom. The van der Waals surface area contributed by atoms with Gasteiger partial charge >= 0.3 is 0 Å². The van der Waals surface area contributed by atoms with E-state index in [4.69, 9.17) is 10.1 Å². The van der Waals surface area contributed by atoms with E-state index in [0.717, 1.165) is 5.34 Å². The summed E-state index contributed by atoms with van der Waals surface area (Å²) in [5.74, 6) is 0. The highest BCUT2D eigenvalue weighted by atomic mass is 16.6. The molecule has 0 fully saturated rings. The first kappa shape index (κ1) is 13.9. The molecule has 0 radical (unpaired) electrons. The number of hydrogen-bond acceptors (Lipinski definition) is 3. The first-order chi connectivity index (χ1) is 5.83. The Kier molecular flexibility index (Phi) is 19.4. The van der Waals surface area contributed by atoms with Gasteiger partial charge in [0.25, 0.3) is 0 Å². The van der Waals surface area contributed by atoms with Gasteiger partial charge in [-0.15, -0.1) is 5.34 Å². The lowest BCUT2D eigenvalue weighted by Gasteiger charge is -1.96. The smallest absolute Gasteiger partial charge is 0.0755 e. The summed E-state index contributed by atoms with van der Waals surface area (Å²) in [5, 5.41) is 11.4. The summed E-state index contributed by atoms with van der Waals surface area (Å²) < 4.78 is 0. The van der Waals surface area contributed by atoms with Crippen molar-refractivity contribution in [1.82, 2.24) is 0 Å². The van der Waals surface area contributed by atoms with Crippen molar-refractivity contribution in [2.45, 2.75) is 39.5 Å². The molecule has 0 heterocycles. The minimum Gasteiger partial charge on any atom is -0.444 e. The number of nitrogens with two attached hydrogens (primary N) is 1. The molecule has 0 spiro atoms. The molecule has 0 unspecified atom stereocenters. The largest absolute Gasteiger partial charge is 0.444 e. The molecule has 12 heavy (non-hydrogen) atoms. The van der Waals surface area contributed by atoms with Crippen molar-refractivity contribution in [3.63, 3.8) is 0 Å². The zero-order valence-corrected chi connectivity index (χ0v) is 8.08. The molecule has 74 valence electrons. The molecule has 0 aromatic carbocycles. The van der Waals surface area contributed by atoms with Crippen LogP contribution in [0.5, 0.6) is 0 Å². The molecule has 2 N–H and O–H groups in total. The maximum Gasteiger partial charge on any atom is 0.0755 e. The molecular weight excluding hydrogens is 156 g/mol. The molecule has 4 nitrogen and oxygen atoms in total. The van der Waals surface area contributed by atoms with E-state index in [9.17, 15) is 0 Å². The fourth-order valence-electron chi connectivity index (χ4n) is 0.841. The molecule has 0 amide bonds. The van der Waals surface area contributed by atoms with E-state index >= 15 is 0 Å². The van der Waals surface area contributed by atoms with Gasteiger partial charge in [-0.3, -0.25) is 0 Å². The lowest BCUT2D eigenvalue weighted by Crippen LogP contribution is -2.84. The molecular formula is C8H20N2O2. The fourth-order valence-corrected chi connectivity index (χ4v) is 0.841. The summed E-state index contributed by atoms with van der Waals surface area (Å²) in [6, 6.07) is 0. The minimum atomic E-state index is 1.00. The van der Waals surface area contributed by atoms with Crippen LogP contribution in [0.3, 0.4) is 0 Å². The normalized spacial score (nSPS) is 8.50. The van der Waals surface area contributed by atoms with Gasteiger partial charge in [0.05, 0.1) is 13.1 Å². The van der Waals surface area contributed by atoms with E-state index < -0.39 is 0 Å². The van der Waals surface area contributed by atoms with Gasteiger partial charge in [-0.05, 0) is 12.8 Å². The number of nitrogens with zero attached hydrogens (tertiary/aromatic N) is 1. The summed E-state index contributed by atoms with van der Waals surface area (Å²) in [6.45, 7) is 7.15. The van der Waals surface area contributed by atoms with E-state index in [-0.39, 0.29) is 0 Å². The van der Waals surface area contributed by atoms with Gasteiger partial charge in [0.15, 0.2) is 0 Å². The second-order valence-electron chi connectivity index (χ2n) is 2.65. The fraction of sp³-hybridized carbons (Fsp3) is 1.00. The summed E-state index contributed by atoms with van der Waals surface area (Å²) in [5.41, 5.74) is 0. The van der Waals surface area contributed by atoms with Crippen molar-refractivity contribution in [2.24, 2.45) is 5.34 Å². The molecule has 0 atom stereocenters. The van der Waals surface area contributed by atoms with E-state index in [1.165, 1.54) is 38.8 Å². The molecule has 0 aromatic heterocycles. The maximum absolute atomic E-state index is 8.00. The Morgan fingerprint density at radius 3 is 1.75 bits per heavy atom. The van der Waals surface area contributed by atoms with Crippen molar-refractivity contribution < 1.29 is 5.32 Å². The highest BCUT2D eigenvalue weighted by molar-refractivity contribution is 4.28. The van der Waals surface area contributed by atoms with Gasteiger partial charge in [-0.2, -0.15) is 0 Å².